The highest BCUT2D eigenvalue weighted by atomic mass is 31.2. The SMILES string of the molecule is CCCCCCCCCCCCCCCCCCCCCCC(=O)O[C@H](COC(=O)CCCCCCCCCCCCCCCCC(C)C)COP(=O)(O)OC[C@@H](O)COP(=O)(O)OC[C@@H](COC(=O)CCCCCCCCC(C)C)OC(=O)CCCCCCCCCCCCCCCCCC. The summed E-state index contributed by atoms with van der Waals surface area (Å²) in [7, 11) is -9.92. The number of carbonyl (C=O) groups excluding carboxylic acids is 4. The Morgan fingerprint density at radius 3 is 0.667 bits per heavy atom. The minimum Gasteiger partial charge on any atom is -0.462 e. The number of unbranched alkanes of at least 4 members (excludes halogenated alkanes) is 52. The van der Waals surface area contributed by atoms with Gasteiger partial charge in [-0.3, -0.25) is 37.3 Å². The van der Waals surface area contributed by atoms with Crippen molar-refractivity contribution in [2.75, 3.05) is 39.6 Å². The minimum absolute atomic E-state index is 0.107. The maximum atomic E-state index is 13.1. The van der Waals surface area contributed by atoms with Crippen molar-refractivity contribution in [3.63, 3.8) is 0 Å². The van der Waals surface area contributed by atoms with Gasteiger partial charge in [-0.15, -0.1) is 0 Å². The van der Waals surface area contributed by atoms with Crippen LogP contribution < -0.4 is 0 Å². The highest BCUT2D eigenvalue weighted by Gasteiger charge is 2.30. The summed E-state index contributed by atoms with van der Waals surface area (Å²) < 4.78 is 68.8. The summed E-state index contributed by atoms with van der Waals surface area (Å²) in [5.41, 5.74) is 0. The molecule has 0 aromatic rings. The first kappa shape index (κ1) is 100. The topological polar surface area (TPSA) is 237 Å². The van der Waals surface area contributed by atoms with Gasteiger partial charge in [-0.1, -0.05) is 388 Å². The van der Waals surface area contributed by atoms with E-state index in [1.807, 2.05) is 0 Å². The molecule has 0 aromatic heterocycles. The van der Waals surface area contributed by atoms with Crippen LogP contribution in [0.1, 0.15) is 440 Å². The zero-order valence-corrected chi connectivity index (χ0v) is 68.7. The van der Waals surface area contributed by atoms with Gasteiger partial charge < -0.3 is 33.8 Å². The Kier molecular flexibility index (Phi) is 73.1. The maximum Gasteiger partial charge on any atom is 0.472 e. The summed E-state index contributed by atoms with van der Waals surface area (Å²) in [6.45, 7) is 9.59. The molecule has 0 bridgehead atoms. The summed E-state index contributed by atoms with van der Waals surface area (Å²) in [6, 6.07) is 0. The Balaban J connectivity index is 5.22. The number of rotatable bonds is 82. The van der Waals surface area contributed by atoms with Crippen molar-refractivity contribution in [3.8, 4) is 0 Å². The Bertz CT molecular complexity index is 1960. The lowest BCUT2D eigenvalue weighted by atomic mass is 10.0. The molecule has 606 valence electrons. The minimum atomic E-state index is -4.96. The predicted octanol–water partition coefficient (Wildman–Crippen LogP) is 25.1. The van der Waals surface area contributed by atoms with Crippen LogP contribution in [-0.4, -0.2) is 96.7 Å². The number of carbonyl (C=O) groups is 4. The van der Waals surface area contributed by atoms with Crippen molar-refractivity contribution in [3.05, 3.63) is 0 Å². The van der Waals surface area contributed by atoms with Crippen LogP contribution in [0.2, 0.25) is 0 Å². The van der Waals surface area contributed by atoms with Crippen molar-refractivity contribution < 1.29 is 80.2 Å². The second-order valence-electron chi connectivity index (χ2n) is 30.8. The number of hydrogen-bond donors (Lipinski definition) is 3. The molecule has 0 rings (SSSR count). The van der Waals surface area contributed by atoms with E-state index in [4.69, 9.17) is 37.0 Å². The first-order valence-electron chi connectivity index (χ1n) is 43.0. The molecule has 3 N–H and O–H groups in total. The molecule has 2 unspecified atom stereocenters. The molecule has 0 spiro atoms. The van der Waals surface area contributed by atoms with E-state index in [1.165, 1.54) is 250 Å². The van der Waals surface area contributed by atoms with E-state index in [9.17, 15) is 43.2 Å². The van der Waals surface area contributed by atoms with Crippen molar-refractivity contribution in [1.29, 1.82) is 0 Å². The van der Waals surface area contributed by atoms with Gasteiger partial charge in [0.05, 0.1) is 26.4 Å². The van der Waals surface area contributed by atoms with Crippen molar-refractivity contribution in [1.82, 2.24) is 0 Å². The third kappa shape index (κ3) is 76.3. The van der Waals surface area contributed by atoms with Crippen LogP contribution in [0.15, 0.2) is 0 Å². The number of aliphatic hydroxyl groups excluding tert-OH is 1. The summed E-state index contributed by atoms with van der Waals surface area (Å²) in [4.78, 5) is 73.1. The van der Waals surface area contributed by atoms with Gasteiger partial charge in [0.1, 0.15) is 19.3 Å². The van der Waals surface area contributed by atoms with Crippen LogP contribution in [0.25, 0.3) is 0 Å². The fourth-order valence-corrected chi connectivity index (χ4v) is 14.5. The number of hydrogen-bond acceptors (Lipinski definition) is 15. The standard InChI is InChI=1S/C83H162O17P2/c1-7-9-11-13-15-17-19-21-23-25-26-27-28-30-36-40-44-48-56-62-67-82(87)99-78(71-93-80(85)65-59-53-46-42-38-34-32-31-33-37-41-45-51-57-63-75(3)4)73-97-101(89,90)95-69-77(84)70-96-102(91,92)98-74-79(72-94-81(86)66-60-54-50-49-52-58-64-76(5)6)100-83(88)68-61-55-47-43-39-35-29-24-22-20-18-16-14-12-10-8-2/h75-79,84H,7-74H2,1-6H3,(H,89,90)(H,91,92)/t77-,78-,79-/m1/s1. The lowest BCUT2D eigenvalue weighted by Crippen LogP contribution is -2.30. The maximum absolute atomic E-state index is 13.1. The van der Waals surface area contributed by atoms with E-state index in [2.05, 4.69) is 41.5 Å². The molecule has 17 nitrogen and oxygen atoms in total. The molecule has 0 heterocycles. The number of aliphatic hydroxyl groups is 1. The van der Waals surface area contributed by atoms with E-state index in [-0.39, 0.29) is 25.7 Å². The van der Waals surface area contributed by atoms with Gasteiger partial charge in [0, 0.05) is 25.7 Å². The summed E-state index contributed by atoms with van der Waals surface area (Å²) in [5, 5.41) is 10.7. The van der Waals surface area contributed by atoms with Crippen molar-refractivity contribution in [2.45, 2.75) is 458 Å². The quantitative estimate of drug-likeness (QED) is 0.0222. The highest BCUT2D eigenvalue weighted by Crippen LogP contribution is 2.45. The van der Waals surface area contributed by atoms with Crippen LogP contribution in [0.3, 0.4) is 0 Å². The van der Waals surface area contributed by atoms with E-state index in [0.717, 1.165) is 102 Å². The van der Waals surface area contributed by atoms with E-state index < -0.39 is 97.5 Å². The zero-order valence-electron chi connectivity index (χ0n) is 66.9. The lowest BCUT2D eigenvalue weighted by molar-refractivity contribution is -0.161. The molecule has 0 saturated carbocycles. The fourth-order valence-electron chi connectivity index (χ4n) is 12.9. The van der Waals surface area contributed by atoms with Crippen LogP contribution in [0.4, 0.5) is 0 Å². The first-order chi connectivity index (χ1) is 49.4. The molecular formula is C83H162O17P2. The lowest BCUT2D eigenvalue weighted by Gasteiger charge is -2.21. The van der Waals surface area contributed by atoms with Gasteiger partial charge in [0.2, 0.25) is 0 Å². The van der Waals surface area contributed by atoms with Crippen LogP contribution in [0.5, 0.6) is 0 Å². The molecule has 0 radical (unpaired) electrons. The van der Waals surface area contributed by atoms with Crippen molar-refractivity contribution >= 4 is 39.5 Å². The first-order valence-corrected chi connectivity index (χ1v) is 46.0. The molecule has 0 aliphatic rings. The molecule has 0 saturated heterocycles. The number of ether oxygens (including phenoxy) is 4. The summed E-state index contributed by atoms with van der Waals surface area (Å²) >= 11 is 0. The zero-order chi connectivity index (χ0) is 74.9. The highest BCUT2D eigenvalue weighted by molar-refractivity contribution is 7.47. The normalized spacial score (nSPS) is 13.9. The van der Waals surface area contributed by atoms with Gasteiger partial charge >= 0.3 is 39.5 Å². The largest absolute Gasteiger partial charge is 0.472 e. The van der Waals surface area contributed by atoms with E-state index in [0.29, 0.717) is 31.6 Å². The average molecular weight is 1490 g/mol. The molecule has 0 amide bonds. The Morgan fingerprint density at radius 2 is 0.451 bits per heavy atom. The van der Waals surface area contributed by atoms with Gasteiger partial charge in [0.25, 0.3) is 0 Å². The Morgan fingerprint density at radius 1 is 0.265 bits per heavy atom. The van der Waals surface area contributed by atoms with Gasteiger partial charge in [0.15, 0.2) is 12.2 Å². The Labute approximate surface area is 626 Å². The second kappa shape index (κ2) is 74.5. The van der Waals surface area contributed by atoms with Crippen molar-refractivity contribution in [2.24, 2.45) is 11.8 Å². The molecule has 0 aliphatic heterocycles. The molecule has 5 atom stereocenters. The van der Waals surface area contributed by atoms with E-state index >= 15 is 0 Å². The molecule has 0 aliphatic carbocycles. The van der Waals surface area contributed by atoms with Gasteiger partial charge in [-0.2, -0.15) is 0 Å². The number of esters is 4. The molecular weight excluding hydrogens is 1330 g/mol. The van der Waals surface area contributed by atoms with Crippen LogP contribution >= 0.6 is 15.6 Å². The summed E-state index contributed by atoms with van der Waals surface area (Å²) in [5.74, 6) is -0.629. The number of phosphoric acid groups is 2. The molecule has 19 heteroatoms. The smallest absolute Gasteiger partial charge is 0.462 e. The van der Waals surface area contributed by atoms with Crippen LogP contribution in [0, 0.1) is 11.8 Å². The Hall–Kier alpha value is -1.94. The second-order valence-corrected chi connectivity index (χ2v) is 33.7. The monoisotopic (exact) mass is 1490 g/mol. The van der Waals surface area contributed by atoms with Gasteiger partial charge in [-0.05, 0) is 37.5 Å². The average Bonchev–Trinajstić information content (AvgIpc) is 0.909. The molecule has 0 fully saturated rings. The summed E-state index contributed by atoms with van der Waals surface area (Å²) in [6.07, 6.45) is 65.4. The van der Waals surface area contributed by atoms with E-state index in [1.54, 1.807) is 0 Å². The number of phosphoric ester groups is 2. The van der Waals surface area contributed by atoms with Crippen LogP contribution in [-0.2, 0) is 65.4 Å². The van der Waals surface area contributed by atoms with Gasteiger partial charge in [-0.25, -0.2) is 9.13 Å². The molecule has 0 aromatic carbocycles. The third-order valence-corrected chi connectivity index (χ3v) is 21.4. The fraction of sp³-hybridized carbons (Fsp3) is 0.952. The molecule has 102 heavy (non-hydrogen) atoms. The predicted molar refractivity (Wildman–Crippen MR) is 418 cm³/mol. The third-order valence-electron chi connectivity index (χ3n) is 19.5.